The molecule has 150 valence electrons. The zero-order chi connectivity index (χ0) is 20.4. The van der Waals surface area contributed by atoms with Crippen LogP contribution in [0.4, 0.5) is 0 Å². The lowest BCUT2D eigenvalue weighted by Gasteiger charge is -2.26. The first kappa shape index (κ1) is 24.2. The first-order chi connectivity index (χ1) is 12.0. The van der Waals surface area contributed by atoms with Gasteiger partial charge in [-0.1, -0.05) is 34.1 Å². The van der Waals surface area contributed by atoms with Gasteiger partial charge in [-0.25, -0.2) is 4.79 Å². The molecule has 0 aromatic carbocycles. The van der Waals surface area contributed by atoms with Crippen LogP contribution in [0.15, 0.2) is 0 Å². The summed E-state index contributed by atoms with van der Waals surface area (Å²) in [6.45, 7) is 6.65. The van der Waals surface area contributed by atoms with Gasteiger partial charge in [-0.3, -0.25) is 14.4 Å². The van der Waals surface area contributed by atoms with E-state index in [9.17, 15) is 24.3 Å². The Bertz CT molecular complexity index is 515. The van der Waals surface area contributed by atoms with Gasteiger partial charge in [0.15, 0.2) is 0 Å². The van der Waals surface area contributed by atoms with E-state index in [2.05, 4.69) is 28.6 Å². The summed E-state index contributed by atoms with van der Waals surface area (Å²) < 4.78 is 0. The molecule has 0 aliphatic rings. The second-order valence-corrected chi connectivity index (χ2v) is 6.87. The first-order valence-electron chi connectivity index (χ1n) is 8.51. The molecule has 4 unspecified atom stereocenters. The van der Waals surface area contributed by atoms with Crippen molar-refractivity contribution in [3.63, 3.8) is 0 Å². The van der Waals surface area contributed by atoms with E-state index in [1.165, 1.54) is 0 Å². The number of aliphatic carboxylic acids is 1. The van der Waals surface area contributed by atoms with Crippen LogP contribution in [-0.4, -0.2) is 59.2 Å². The molecule has 0 radical (unpaired) electrons. The van der Waals surface area contributed by atoms with E-state index < -0.39 is 41.8 Å². The summed E-state index contributed by atoms with van der Waals surface area (Å²) in [5.41, 5.74) is 5.49. The quantitative estimate of drug-likeness (QED) is 0.252. The summed E-state index contributed by atoms with van der Waals surface area (Å²) in [5, 5.41) is 16.6. The molecule has 0 saturated carbocycles. The fourth-order valence-corrected chi connectivity index (χ4v) is 2.23. The van der Waals surface area contributed by atoms with Gasteiger partial charge in [0.25, 0.3) is 0 Å². The van der Waals surface area contributed by atoms with Gasteiger partial charge in [0.1, 0.15) is 12.1 Å². The average molecular weight is 391 g/mol. The van der Waals surface area contributed by atoms with Crippen molar-refractivity contribution in [2.75, 3.05) is 12.3 Å². The van der Waals surface area contributed by atoms with Crippen LogP contribution in [0, 0.1) is 11.8 Å². The Hall–Kier alpha value is -1.81. The molecule has 0 aromatic rings. The molecule has 4 atom stereocenters. The Labute approximate surface area is 159 Å². The highest BCUT2D eigenvalue weighted by Crippen LogP contribution is 2.10. The van der Waals surface area contributed by atoms with Crippen molar-refractivity contribution in [3.8, 4) is 0 Å². The molecule has 0 aliphatic heterocycles. The normalized spacial score (nSPS) is 15.5. The Morgan fingerprint density at radius 1 is 1.04 bits per heavy atom. The predicted octanol–water partition coefficient (Wildman–Crippen LogP) is -0.884. The van der Waals surface area contributed by atoms with Crippen LogP contribution in [0.1, 0.15) is 34.1 Å². The Balaban J connectivity index is 4.86. The first-order valence-corrected chi connectivity index (χ1v) is 9.14. The lowest BCUT2D eigenvalue weighted by Crippen LogP contribution is -2.56. The monoisotopic (exact) mass is 390 g/mol. The second kappa shape index (κ2) is 11.7. The zero-order valence-corrected chi connectivity index (χ0v) is 16.5. The molecular weight excluding hydrogens is 360 g/mol. The highest BCUT2D eigenvalue weighted by atomic mass is 32.1. The van der Waals surface area contributed by atoms with Crippen molar-refractivity contribution in [2.45, 2.75) is 52.2 Å². The number of hydrogen-bond donors (Lipinski definition) is 6. The van der Waals surface area contributed by atoms with E-state index in [0.29, 0.717) is 6.42 Å². The number of rotatable bonds is 11. The number of carboxylic acid groups (broad SMARTS) is 1. The van der Waals surface area contributed by atoms with Crippen LogP contribution in [-0.2, 0) is 19.2 Å². The molecule has 6 N–H and O–H groups in total. The third-order valence-electron chi connectivity index (χ3n) is 4.00. The van der Waals surface area contributed by atoms with Crippen LogP contribution in [0.25, 0.3) is 0 Å². The molecular formula is C16H30N4O5S. The summed E-state index contributed by atoms with van der Waals surface area (Å²) in [7, 11) is 0. The number of carboxylic acids is 1. The van der Waals surface area contributed by atoms with E-state index in [-0.39, 0.29) is 24.1 Å². The van der Waals surface area contributed by atoms with Gasteiger partial charge in [-0.15, -0.1) is 0 Å². The minimum Gasteiger partial charge on any atom is -0.480 e. The highest BCUT2D eigenvalue weighted by Gasteiger charge is 2.31. The van der Waals surface area contributed by atoms with Crippen LogP contribution in [0.3, 0.4) is 0 Å². The van der Waals surface area contributed by atoms with Crippen molar-refractivity contribution >= 4 is 36.3 Å². The molecule has 0 spiro atoms. The fourth-order valence-electron chi connectivity index (χ4n) is 2.07. The van der Waals surface area contributed by atoms with Gasteiger partial charge in [0.2, 0.25) is 17.7 Å². The van der Waals surface area contributed by atoms with Crippen LogP contribution < -0.4 is 21.7 Å². The predicted molar refractivity (Wildman–Crippen MR) is 101 cm³/mol. The minimum absolute atomic E-state index is 0.136. The van der Waals surface area contributed by atoms with Gasteiger partial charge < -0.3 is 26.8 Å². The summed E-state index contributed by atoms with van der Waals surface area (Å²) in [6.07, 6.45) is 0.577. The maximum Gasteiger partial charge on any atom is 0.326 e. The number of carbonyl (C=O) groups is 4. The van der Waals surface area contributed by atoms with E-state index in [1.807, 2.05) is 6.92 Å². The Morgan fingerprint density at radius 3 is 2.04 bits per heavy atom. The Morgan fingerprint density at radius 2 is 1.62 bits per heavy atom. The summed E-state index contributed by atoms with van der Waals surface area (Å²) in [4.78, 5) is 47.3. The van der Waals surface area contributed by atoms with Crippen molar-refractivity contribution in [3.05, 3.63) is 0 Å². The van der Waals surface area contributed by atoms with Gasteiger partial charge >= 0.3 is 5.97 Å². The molecule has 0 heterocycles. The molecule has 0 aromatic heterocycles. The van der Waals surface area contributed by atoms with E-state index in [0.717, 1.165) is 0 Å². The van der Waals surface area contributed by atoms with Crippen LogP contribution >= 0.6 is 12.6 Å². The maximum absolute atomic E-state index is 12.4. The van der Waals surface area contributed by atoms with Gasteiger partial charge in [0, 0.05) is 5.75 Å². The van der Waals surface area contributed by atoms with Gasteiger partial charge in [-0.2, -0.15) is 12.6 Å². The van der Waals surface area contributed by atoms with Crippen molar-refractivity contribution in [1.82, 2.24) is 16.0 Å². The lowest BCUT2D eigenvalue weighted by molar-refractivity contribution is -0.144. The van der Waals surface area contributed by atoms with Crippen molar-refractivity contribution < 1.29 is 24.3 Å². The SMILES string of the molecule is CCC(C)C(NC(=O)C(NC(=O)CNC(=O)C(N)CS)C(C)C)C(=O)O. The molecule has 10 heteroatoms. The molecule has 0 saturated heterocycles. The summed E-state index contributed by atoms with van der Waals surface area (Å²) >= 11 is 3.89. The van der Waals surface area contributed by atoms with Crippen LogP contribution in [0.5, 0.6) is 0 Å². The molecule has 26 heavy (non-hydrogen) atoms. The second-order valence-electron chi connectivity index (χ2n) is 6.51. The third-order valence-corrected chi connectivity index (χ3v) is 4.39. The summed E-state index contributed by atoms with van der Waals surface area (Å²) in [5.74, 6) is -3.22. The molecule has 0 aliphatic carbocycles. The molecule has 0 fully saturated rings. The Kier molecular flexibility index (Phi) is 10.9. The summed E-state index contributed by atoms with van der Waals surface area (Å²) in [6, 6.07) is -2.80. The number of thiol groups is 1. The minimum atomic E-state index is -1.13. The number of nitrogens with one attached hydrogen (secondary N) is 3. The van der Waals surface area contributed by atoms with Crippen molar-refractivity contribution in [1.29, 1.82) is 0 Å². The zero-order valence-electron chi connectivity index (χ0n) is 15.6. The van der Waals surface area contributed by atoms with Crippen LogP contribution in [0.2, 0.25) is 0 Å². The lowest BCUT2D eigenvalue weighted by atomic mass is 9.97. The molecule has 3 amide bonds. The smallest absolute Gasteiger partial charge is 0.326 e. The topological polar surface area (TPSA) is 151 Å². The molecule has 9 nitrogen and oxygen atoms in total. The van der Waals surface area contributed by atoms with E-state index in [1.54, 1.807) is 20.8 Å². The number of nitrogens with two attached hydrogens (primary N) is 1. The third kappa shape index (κ3) is 8.05. The van der Waals surface area contributed by atoms with Crippen molar-refractivity contribution in [2.24, 2.45) is 17.6 Å². The standard InChI is InChI=1S/C16H30N4O5S/c1-5-9(4)13(16(24)25)20-15(23)12(8(2)3)19-11(21)6-18-14(22)10(17)7-26/h8-10,12-13,26H,5-7,17H2,1-4H3,(H,18,22)(H,19,21)(H,20,23)(H,24,25). The average Bonchev–Trinajstić information content (AvgIpc) is 2.59. The maximum atomic E-state index is 12.4. The molecule has 0 rings (SSSR count). The molecule has 0 bridgehead atoms. The van der Waals surface area contributed by atoms with Gasteiger partial charge in [0.05, 0.1) is 12.6 Å². The largest absolute Gasteiger partial charge is 0.480 e. The number of carbonyl (C=O) groups excluding carboxylic acids is 3. The fraction of sp³-hybridized carbons (Fsp3) is 0.750. The number of amides is 3. The van der Waals surface area contributed by atoms with Gasteiger partial charge in [-0.05, 0) is 11.8 Å². The van der Waals surface area contributed by atoms with E-state index >= 15 is 0 Å². The highest BCUT2D eigenvalue weighted by molar-refractivity contribution is 7.80. The number of hydrogen-bond acceptors (Lipinski definition) is 6. The van der Waals surface area contributed by atoms with E-state index in [4.69, 9.17) is 5.73 Å².